The predicted molar refractivity (Wildman–Crippen MR) is 44.7 cm³/mol. The fraction of sp³-hybridized carbons (Fsp3) is 0.125. The molecule has 0 unspecified atom stereocenters. The van der Waals surface area contributed by atoms with Crippen molar-refractivity contribution in [2.24, 2.45) is 0 Å². The van der Waals surface area contributed by atoms with Crippen molar-refractivity contribution in [1.82, 2.24) is 4.98 Å². The number of carboxylic acids is 1. The summed E-state index contributed by atoms with van der Waals surface area (Å²) in [4.78, 5) is 22.0. The molecule has 0 atom stereocenters. The van der Waals surface area contributed by atoms with Gasteiger partial charge in [0.2, 0.25) is 5.56 Å². The summed E-state index contributed by atoms with van der Waals surface area (Å²) in [6, 6.07) is 4.93. The van der Waals surface area contributed by atoms with E-state index in [-0.39, 0.29) is 44.7 Å². The first-order chi connectivity index (χ1) is 5.66. The van der Waals surface area contributed by atoms with Gasteiger partial charge in [0.05, 0.1) is 0 Å². The van der Waals surface area contributed by atoms with Crippen molar-refractivity contribution >= 4 is 5.97 Å². The number of pyridine rings is 1. The van der Waals surface area contributed by atoms with E-state index in [1.807, 2.05) is 0 Å². The Hall–Kier alpha value is -0.476. The molecule has 0 fully saturated rings. The van der Waals surface area contributed by atoms with Gasteiger partial charge in [-0.1, -0.05) is 12.5 Å². The van der Waals surface area contributed by atoms with Gasteiger partial charge in [0.15, 0.2) is 0 Å². The number of aliphatic carboxylic acids is 1. The smallest absolute Gasteiger partial charge is 0.272 e. The van der Waals surface area contributed by atoms with Crippen molar-refractivity contribution in [1.29, 1.82) is 0 Å². The number of hydrogen-bond donors (Lipinski definition) is 2. The first-order valence-corrected chi connectivity index (χ1v) is 3.31. The van der Waals surface area contributed by atoms with E-state index in [0.29, 0.717) is 0 Å². The van der Waals surface area contributed by atoms with Crippen LogP contribution >= 0.6 is 0 Å². The van der Waals surface area contributed by atoms with Crippen LogP contribution in [0.3, 0.4) is 0 Å². The summed E-state index contributed by atoms with van der Waals surface area (Å²) in [5.41, 5.74) is -0.0532. The maximum Gasteiger partial charge on any atom is 0.272 e. The van der Waals surface area contributed by atoms with Crippen LogP contribution in [-0.4, -0.2) is 16.1 Å². The predicted octanol–water partition coefficient (Wildman–Crippen LogP) is 0.668. The molecule has 1 radical (unpaired) electrons. The van der Waals surface area contributed by atoms with Crippen LogP contribution in [0.15, 0.2) is 29.2 Å². The van der Waals surface area contributed by atoms with Crippen LogP contribution in [0.5, 0.6) is 0 Å². The second-order valence-corrected chi connectivity index (χ2v) is 1.87. The summed E-state index contributed by atoms with van der Waals surface area (Å²) in [7, 11) is 0. The monoisotopic (exact) mass is 257 g/mol. The Balaban J connectivity index is 0. The molecule has 0 saturated carbocycles. The largest absolute Gasteiger partial charge is 0.483 e. The van der Waals surface area contributed by atoms with Crippen molar-refractivity contribution in [2.45, 2.75) is 6.42 Å². The molecular weight excluding hydrogens is 247 g/mol. The molecule has 0 saturated heterocycles. The summed E-state index contributed by atoms with van der Waals surface area (Å²) in [6.07, 6.45) is 1.57. The first-order valence-electron chi connectivity index (χ1n) is 3.31. The van der Waals surface area contributed by atoms with Crippen LogP contribution in [0.25, 0.3) is 0 Å². The topological polar surface area (TPSA) is 70.2 Å². The summed E-state index contributed by atoms with van der Waals surface area (Å²) in [5, 5.41) is 7.66. The van der Waals surface area contributed by atoms with Crippen molar-refractivity contribution < 1.29 is 42.6 Å². The summed E-state index contributed by atoms with van der Waals surface area (Å²) in [5.74, 6) is -0.856. The molecule has 69 valence electrons. The van der Waals surface area contributed by atoms with Gasteiger partial charge in [-0.05, 0) is 6.07 Å². The molecule has 0 aromatic carbocycles. The molecule has 13 heavy (non-hydrogen) atoms. The summed E-state index contributed by atoms with van der Waals surface area (Å²) in [6.45, 7) is 3.09. The average Bonchev–Trinajstić information content (AvgIpc) is 2.07. The van der Waals surface area contributed by atoms with Crippen LogP contribution < -0.4 is 5.56 Å². The average molecular weight is 257 g/mol. The van der Waals surface area contributed by atoms with Gasteiger partial charge in [0.25, 0.3) is 5.97 Å². The zero-order valence-electron chi connectivity index (χ0n) is 7.06. The van der Waals surface area contributed by atoms with E-state index in [2.05, 4.69) is 11.9 Å². The molecular formula is C8H10NO3Y-. The fourth-order valence-corrected chi connectivity index (χ4v) is 0.377. The Morgan fingerprint density at radius 3 is 2.23 bits per heavy atom. The second kappa shape index (κ2) is 9.61. The minimum Gasteiger partial charge on any atom is -0.483 e. The Kier molecular flexibility index (Phi) is 11.1. The molecule has 5 heteroatoms. The molecule has 0 aliphatic heterocycles. The van der Waals surface area contributed by atoms with Crippen LogP contribution in [0, 0.1) is 6.92 Å². The Morgan fingerprint density at radius 2 is 2.08 bits per heavy atom. The second-order valence-electron chi connectivity index (χ2n) is 1.87. The number of carbonyl (C=O) groups is 1. The quantitative estimate of drug-likeness (QED) is 0.726. The zero-order valence-corrected chi connectivity index (χ0v) is 9.90. The third kappa shape index (κ3) is 11.5. The molecule has 1 aromatic heterocycles. The van der Waals surface area contributed by atoms with Gasteiger partial charge in [-0.25, -0.2) is 0 Å². The molecule has 2 N–H and O–H groups in total. The zero-order chi connectivity index (χ0) is 9.40. The number of H-pyrrole nitrogens is 1. The van der Waals surface area contributed by atoms with Crippen LogP contribution in [0.2, 0.25) is 0 Å². The molecule has 1 aromatic rings. The molecule has 0 bridgehead atoms. The maximum absolute atomic E-state index is 10.2. The van der Waals surface area contributed by atoms with Gasteiger partial charge in [-0.3, -0.25) is 9.59 Å². The van der Waals surface area contributed by atoms with Crippen molar-refractivity contribution in [2.75, 3.05) is 0 Å². The summed E-state index contributed by atoms with van der Waals surface area (Å²) >= 11 is 0. The molecule has 1 heterocycles. The van der Waals surface area contributed by atoms with E-state index >= 15 is 0 Å². The van der Waals surface area contributed by atoms with Gasteiger partial charge in [0.1, 0.15) is 0 Å². The van der Waals surface area contributed by atoms with E-state index in [1.54, 1.807) is 18.3 Å². The van der Waals surface area contributed by atoms with Gasteiger partial charge in [0, 0.05) is 45.0 Å². The molecule has 0 aliphatic carbocycles. The number of rotatable bonds is 1. The Morgan fingerprint density at radius 1 is 1.54 bits per heavy atom. The molecule has 4 nitrogen and oxygen atoms in total. The van der Waals surface area contributed by atoms with Gasteiger partial charge in [-0.2, -0.15) is 0 Å². The van der Waals surface area contributed by atoms with Crippen LogP contribution in [0.4, 0.5) is 0 Å². The number of hydrogen-bond acceptors (Lipinski definition) is 2. The third-order valence-electron chi connectivity index (χ3n) is 0.894. The van der Waals surface area contributed by atoms with Crippen LogP contribution in [-0.2, 0) is 37.5 Å². The minimum atomic E-state index is -0.856. The SMILES string of the molecule is O=c1cccc[nH]1.[CH2-]CC(=O)O.[Y]. The Bertz CT molecular complexity index is 267. The third-order valence-corrected chi connectivity index (χ3v) is 0.894. The standard InChI is InChI=1S/C5H5NO.C3H5O2.Y/c7-5-3-1-2-4-6-5;1-2-3(4)5;/h1-4H,(H,6,7);1-2H2,(H,4,5);/q;-1;. The van der Waals surface area contributed by atoms with E-state index in [4.69, 9.17) is 5.11 Å². The van der Waals surface area contributed by atoms with Crippen LogP contribution in [0.1, 0.15) is 6.42 Å². The van der Waals surface area contributed by atoms with Gasteiger partial charge in [-0.15, -0.1) is 0 Å². The fourth-order valence-electron chi connectivity index (χ4n) is 0.377. The Labute approximate surface area is 101 Å². The molecule has 0 spiro atoms. The van der Waals surface area contributed by atoms with Gasteiger partial charge < -0.3 is 17.0 Å². The molecule has 0 aliphatic rings. The normalized spacial score (nSPS) is 7.46. The van der Waals surface area contributed by atoms with Gasteiger partial charge >= 0.3 is 0 Å². The number of aromatic nitrogens is 1. The van der Waals surface area contributed by atoms with Crippen molar-refractivity contribution in [3.8, 4) is 0 Å². The van der Waals surface area contributed by atoms with E-state index in [9.17, 15) is 9.59 Å². The molecule has 1 rings (SSSR count). The van der Waals surface area contributed by atoms with Crippen molar-refractivity contribution in [3.63, 3.8) is 0 Å². The summed E-state index contributed by atoms with van der Waals surface area (Å²) < 4.78 is 0. The van der Waals surface area contributed by atoms with E-state index in [0.717, 1.165) is 0 Å². The van der Waals surface area contributed by atoms with Crippen molar-refractivity contribution in [3.05, 3.63) is 41.7 Å². The number of carboxylic acid groups (broad SMARTS) is 1. The maximum atomic E-state index is 10.2. The number of aromatic amines is 1. The number of nitrogens with one attached hydrogen (secondary N) is 1. The minimum absolute atomic E-state index is 0. The molecule has 0 amide bonds. The van der Waals surface area contributed by atoms with E-state index in [1.165, 1.54) is 6.07 Å². The van der Waals surface area contributed by atoms with E-state index < -0.39 is 5.97 Å². The first kappa shape index (κ1) is 15.0.